The molecule has 0 amide bonds. The lowest BCUT2D eigenvalue weighted by Gasteiger charge is -2.27. The van der Waals surface area contributed by atoms with Gasteiger partial charge in [-0.05, 0) is 30.4 Å². The van der Waals surface area contributed by atoms with Gasteiger partial charge in [0.05, 0.1) is 12.0 Å². The van der Waals surface area contributed by atoms with Crippen LogP contribution in [0.15, 0.2) is 11.4 Å². The summed E-state index contributed by atoms with van der Waals surface area (Å²) in [6.45, 7) is 5.04. The van der Waals surface area contributed by atoms with Crippen LogP contribution in [0.5, 0.6) is 0 Å². The smallest absolute Gasteiger partial charge is 0.0666 e. The molecule has 74 valence electrons. The summed E-state index contributed by atoms with van der Waals surface area (Å²) in [6.07, 6.45) is 1.16. The van der Waals surface area contributed by atoms with E-state index in [4.69, 9.17) is 5.26 Å². The van der Waals surface area contributed by atoms with E-state index in [-0.39, 0.29) is 5.92 Å². The SMILES string of the molecule is CC(C#N)CN1CCc2sccc2C1. The van der Waals surface area contributed by atoms with E-state index in [1.807, 2.05) is 18.3 Å². The van der Waals surface area contributed by atoms with Crippen molar-refractivity contribution in [1.29, 1.82) is 5.26 Å². The third-order valence-electron chi connectivity index (χ3n) is 2.64. The fraction of sp³-hybridized carbons (Fsp3) is 0.545. The number of fused-ring (bicyclic) bond motifs is 1. The molecule has 1 atom stereocenters. The number of nitrogens with zero attached hydrogens (tertiary/aromatic N) is 2. The van der Waals surface area contributed by atoms with Gasteiger partial charge in [0.1, 0.15) is 0 Å². The summed E-state index contributed by atoms with van der Waals surface area (Å²) in [6, 6.07) is 4.50. The molecule has 1 aromatic rings. The Labute approximate surface area is 88.8 Å². The van der Waals surface area contributed by atoms with Crippen molar-refractivity contribution in [3.05, 3.63) is 21.9 Å². The number of thiophene rings is 1. The molecule has 2 heterocycles. The van der Waals surface area contributed by atoms with Crippen molar-refractivity contribution in [3.63, 3.8) is 0 Å². The van der Waals surface area contributed by atoms with Crippen molar-refractivity contribution in [2.75, 3.05) is 13.1 Å². The van der Waals surface area contributed by atoms with Gasteiger partial charge in [-0.3, -0.25) is 4.90 Å². The second kappa shape index (κ2) is 4.12. The first-order chi connectivity index (χ1) is 6.79. The van der Waals surface area contributed by atoms with E-state index in [2.05, 4.69) is 22.4 Å². The molecule has 1 aromatic heterocycles. The zero-order valence-electron chi connectivity index (χ0n) is 8.36. The highest BCUT2D eigenvalue weighted by molar-refractivity contribution is 7.10. The normalized spacial score (nSPS) is 18.6. The molecule has 0 bridgehead atoms. The van der Waals surface area contributed by atoms with Crippen LogP contribution in [0.1, 0.15) is 17.4 Å². The molecule has 0 aromatic carbocycles. The average Bonchev–Trinajstić information content (AvgIpc) is 2.64. The monoisotopic (exact) mass is 206 g/mol. The van der Waals surface area contributed by atoms with Crippen LogP contribution in [-0.2, 0) is 13.0 Å². The summed E-state index contributed by atoms with van der Waals surface area (Å²) in [5.74, 6) is 0.148. The first-order valence-corrected chi connectivity index (χ1v) is 5.85. The van der Waals surface area contributed by atoms with Gasteiger partial charge in [-0.15, -0.1) is 11.3 Å². The van der Waals surface area contributed by atoms with E-state index in [0.29, 0.717) is 0 Å². The Morgan fingerprint density at radius 1 is 1.71 bits per heavy atom. The van der Waals surface area contributed by atoms with Crippen LogP contribution in [-0.4, -0.2) is 18.0 Å². The number of hydrogen-bond acceptors (Lipinski definition) is 3. The van der Waals surface area contributed by atoms with Crippen LogP contribution >= 0.6 is 11.3 Å². The van der Waals surface area contributed by atoms with E-state index in [9.17, 15) is 0 Å². The van der Waals surface area contributed by atoms with Crippen LogP contribution < -0.4 is 0 Å². The summed E-state index contributed by atoms with van der Waals surface area (Å²) >= 11 is 1.86. The fourth-order valence-electron chi connectivity index (χ4n) is 1.89. The van der Waals surface area contributed by atoms with E-state index in [1.54, 1.807) is 0 Å². The standard InChI is InChI=1S/C11H14N2S/c1-9(6-12)7-13-4-2-11-10(8-13)3-5-14-11/h3,5,9H,2,4,7-8H2,1H3. The van der Waals surface area contributed by atoms with Crippen LogP contribution in [0.3, 0.4) is 0 Å². The zero-order chi connectivity index (χ0) is 9.97. The molecular formula is C11H14N2S. The molecule has 0 spiro atoms. The molecule has 1 aliphatic rings. The van der Waals surface area contributed by atoms with E-state index in [0.717, 1.165) is 26.1 Å². The number of rotatable bonds is 2. The fourth-order valence-corrected chi connectivity index (χ4v) is 2.78. The van der Waals surface area contributed by atoms with Gasteiger partial charge in [-0.1, -0.05) is 0 Å². The van der Waals surface area contributed by atoms with Crippen molar-refractivity contribution < 1.29 is 0 Å². The molecule has 0 saturated carbocycles. The Balaban J connectivity index is 1.98. The molecule has 2 nitrogen and oxygen atoms in total. The first kappa shape index (κ1) is 9.70. The Bertz CT molecular complexity index is 350. The Hall–Kier alpha value is -0.850. The third-order valence-corrected chi connectivity index (χ3v) is 3.66. The second-order valence-electron chi connectivity index (χ2n) is 3.88. The molecule has 2 rings (SSSR count). The topological polar surface area (TPSA) is 27.0 Å². The molecule has 0 fully saturated rings. The molecular weight excluding hydrogens is 192 g/mol. The van der Waals surface area contributed by atoms with Crippen LogP contribution in [0.2, 0.25) is 0 Å². The van der Waals surface area contributed by atoms with Gasteiger partial charge in [0, 0.05) is 24.5 Å². The summed E-state index contributed by atoms with van der Waals surface area (Å²) in [5.41, 5.74) is 1.46. The molecule has 14 heavy (non-hydrogen) atoms. The summed E-state index contributed by atoms with van der Waals surface area (Å²) < 4.78 is 0. The van der Waals surface area contributed by atoms with E-state index < -0.39 is 0 Å². The Morgan fingerprint density at radius 2 is 2.57 bits per heavy atom. The van der Waals surface area contributed by atoms with Gasteiger partial charge in [-0.25, -0.2) is 0 Å². The van der Waals surface area contributed by atoms with Gasteiger partial charge >= 0.3 is 0 Å². The summed E-state index contributed by atoms with van der Waals surface area (Å²) in [5, 5.41) is 10.9. The molecule has 0 N–H and O–H groups in total. The molecule has 0 radical (unpaired) electrons. The number of hydrogen-bond donors (Lipinski definition) is 0. The highest BCUT2D eigenvalue weighted by Crippen LogP contribution is 2.24. The van der Waals surface area contributed by atoms with Crippen LogP contribution in [0, 0.1) is 17.2 Å². The maximum absolute atomic E-state index is 8.75. The second-order valence-corrected chi connectivity index (χ2v) is 4.88. The highest BCUT2D eigenvalue weighted by Gasteiger charge is 2.18. The maximum atomic E-state index is 8.75. The average molecular weight is 206 g/mol. The van der Waals surface area contributed by atoms with Gasteiger partial charge in [-0.2, -0.15) is 5.26 Å². The zero-order valence-corrected chi connectivity index (χ0v) is 9.18. The lowest BCUT2D eigenvalue weighted by molar-refractivity contribution is 0.239. The minimum absolute atomic E-state index is 0.148. The lowest BCUT2D eigenvalue weighted by atomic mass is 10.1. The quantitative estimate of drug-likeness (QED) is 0.742. The van der Waals surface area contributed by atoms with Gasteiger partial charge < -0.3 is 0 Å². The van der Waals surface area contributed by atoms with Gasteiger partial charge in [0.25, 0.3) is 0 Å². The highest BCUT2D eigenvalue weighted by atomic mass is 32.1. The minimum atomic E-state index is 0.148. The summed E-state index contributed by atoms with van der Waals surface area (Å²) in [7, 11) is 0. The van der Waals surface area contributed by atoms with Crippen molar-refractivity contribution in [2.45, 2.75) is 19.9 Å². The predicted molar refractivity (Wildman–Crippen MR) is 58.1 cm³/mol. The van der Waals surface area contributed by atoms with Crippen LogP contribution in [0.4, 0.5) is 0 Å². The van der Waals surface area contributed by atoms with Crippen molar-refractivity contribution >= 4 is 11.3 Å². The number of nitriles is 1. The van der Waals surface area contributed by atoms with E-state index in [1.165, 1.54) is 10.4 Å². The molecule has 0 saturated heterocycles. The summed E-state index contributed by atoms with van der Waals surface area (Å²) in [4.78, 5) is 3.91. The largest absolute Gasteiger partial charge is 0.297 e. The molecule has 1 unspecified atom stereocenters. The molecule has 3 heteroatoms. The Kier molecular flexibility index (Phi) is 2.85. The van der Waals surface area contributed by atoms with Crippen molar-refractivity contribution in [3.8, 4) is 6.07 Å². The van der Waals surface area contributed by atoms with E-state index >= 15 is 0 Å². The Morgan fingerprint density at radius 3 is 3.36 bits per heavy atom. The maximum Gasteiger partial charge on any atom is 0.0666 e. The molecule has 1 aliphatic heterocycles. The third kappa shape index (κ3) is 1.97. The minimum Gasteiger partial charge on any atom is -0.297 e. The van der Waals surface area contributed by atoms with Crippen molar-refractivity contribution in [2.24, 2.45) is 5.92 Å². The predicted octanol–water partition coefficient (Wildman–Crippen LogP) is 2.27. The lowest BCUT2D eigenvalue weighted by Crippen LogP contribution is -2.32. The first-order valence-electron chi connectivity index (χ1n) is 4.97. The molecule has 0 aliphatic carbocycles. The van der Waals surface area contributed by atoms with Gasteiger partial charge in [0.2, 0.25) is 0 Å². The van der Waals surface area contributed by atoms with Crippen LogP contribution in [0.25, 0.3) is 0 Å². The van der Waals surface area contributed by atoms with Crippen molar-refractivity contribution in [1.82, 2.24) is 4.90 Å². The van der Waals surface area contributed by atoms with Gasteiger partial charge in [0.15, 0.2) is 0 Å².